The van der Waals surface area contributed by atoms with Gasteiger partial charge >= 0.3 is 6.09 Å². The molecule has 226 valence electrons. The third kappa shape index (κ3) is 5.37. The molecule has 10 heteroatoms. The second-order valence-electron chi connectivity index (χ2n) is 13.2. The molecule has 2 bridgehead atoms. The minimum Gasteiger partial charge on any atom is -0.444 e. The molecule has 0 spiro atoms. The first-order valence-electron chi connectivity index (χ1n) is 15.6. The Labute approximate surface area is 252 Å². The van der Waals surface area contributed by atoms with E-state index in [9.17, 15) is 4.79 Å². The Bertz CT molecular complexity index is 1580. The predicted molar refractivity (Wildman–Crippen MR) is 166 cm³/mol. The molecule has 10 nitrogen and oxygen atoms in total. The number of nitrogens with zero attached hydrogens (tertiary/aromatic N) is 6. The van der Waals surface area contributed by atoms with Crippen molar-refractivity contribution >= 4 is 22.8 Å². The number of ether oxygens (including phenoxy) is 2. The van der Waals surface area contributed by atoms with E-state index in [2.05, 4.69) is 68.8 Å². The summed E-state index contributed by atoms with van der Waals surface area (Å²) in [6.07, 6.45) is 13.0. The van der Waals surface area contributed by atoms with Crippen LogP contribution in [0.5, 0.6) is 0 Å². The number of nitrogens with one attached hydrogen (secondary N) is 1. The topological polar surface area (TPSA) is 101 Å². The zero-order valence-corrected chi connectivity index (χ0v) is 25.5. The molecule has 6 heterocycles. The van der Waals surface area contributed by atoms with Crippen molar-refractivity contribution in [1.29, 1.82) is 0 Å². The highest BCUT2D eigenvalue weighted by Gasteiger charge is 2.46. The molecule has 3 aromatic heterocycles. The maximum atomic E-state index is 12.9. The zero-order valence-electron chi connectivity index (χ0n) is 25.5. The molecule has 4 aromatic rings. The first-order valence-corrected chi connectivity index (χ1v) is 15.6. The Balaban J connectivity index is 1.07. The van der Waals surface area contributed by atoms with Gasteiger partial charge in [-0.1, -0.05) is 6.07 Å². The molecule has 7 rings (SSSR count). The highest BCUT2D eigenvalue weighted by molar-refractivity contribution is 6.02. The van der Waals surface area contributed by atoms with Gasteiger partial charge in [0, 0.05) is 60.7 Å². The zero-order chi connectivity index (χ0) is 29.7. The lowest BCUT2D eigenvalue weighted by molar-refractivity contribution is -0.0394. The summed E-state index contributed by atoms with van der Waals surface area (Å²) in [5.41, 5.74) is 4.57. The minimum absolute atomic E-state index is 0.0168. The fourth-order valence-corrected chi connectivity index (χ4v) is 7.11. The molecule has 1 aromatic carbocycles. The number of H-pyrrole nitrogens is 1. The van der Waals surface area contributed by atoms with Crippen molar-refractivity contribution in [2.75, 3.05) is 18.6 Å². The van der Waals surface area contributed by atoms with E-state index >= 15 is 0 Å². The van der Waals surface area contributed by atoms with Crippen LogP contribution in [0.2, 0.25) is 0 Å². The van der Waals surface area contributed by atoms with Crippen LogP contribution < -0.4 is 4.90 Å². The molecule has 0 saturated carbocycles. The van der Waals surface area contributed by atoms with E-state index in [0.717, 1.165) is 84.2 Å². The number of anilines is 1. The Kier molecular flexibility index (Phi) is 7.12. The van der Waals surface area contributed by atoms with Crippen LogP contribution in [0.3, 0.4) is 0 Å². The third-order valence-electron chi connectivity index (χ3n) is 9.23. The van der Waals surface area contributed by atoms with E-state index < -0.39 is 5.60 Å². The maximum absolute atomic E-state index is 12.9. The van der Waals surface area contributed by atoms with E-state index in [1.54, 1.807) is 0 Å². The standard InChI is InChI=1S/C33H41N7O3/c1-33(2,3)43-32(41)40-22-8-9-23(40)18-24(17-22)38(4)29-13-12-28(36-37-29)27-11-10-25(26-14-15-34-31(26)27)21-19-35-39(20-21)30-7-5-6-16-42-30/h10-15,19-20,22-24,30,34H,5-9,16-18H2,1-4H3. The largest absolute Gasteiger partial charge is 0.444 e. The van der Waals surface area contributed by atoms with Gasteiger partial charge in [-0.25, -0.2) is 9.48 Å². The van der Waals surface area contributed by atoms with Crippen molar-refractivity contribution in [3.05, 3.63) is 48.9 Å². The van der Waals surface area contributed by atoms with Crippen LogP contribution in [0.25, 0.3) is 33.3 Å². The number of carbonyl (C=O) groups excluding carboxylic acids is 1. The smallest absolute Gasteiger partial charge is 0.410 e. The molecule has 3 atom stereocenters. The summed E-state index contributed by atoms with van der Waals surface area (Å²) in [7, 11) is 2.09. The number of benzene rings is 1. The Morgan fingerprint density at radius 2 is 1.81 bits per heavy atom. The number of fused-ring (bicyclic) bond motifs is 3. The van der Waals surface area contributed by atoms with Gasteiger partial charge in [-0.2, -0.15) is 5.10 Å². The van der Waals surface area contributed by atoms with Gasteiger partial charge in [0.15, 0.2) is 5.82 Å². The third-order valence-corrected chi connectivity index (χ3v) is 9.23. The summed E-state index contributed by atoms with van der Waals surface area (Å²) in [5, 5.41) is 15.1. The molecule has 1 amide bonds. The van der Waals surface area contributed by atoms with Crippen LogP contribution in [-0.2, 0) is 9.47 Å². The number of carbonyl (C=O) groups is 1. The normalized spacial score (nSPS) is 24.0. The Morgan fingerprint density at radius 3 is 2.51 bits per heavy atom. The average molecular weight is 584 g/mol. The molecule has 3 fully saturated rings. The average Bonchev–Trinajstić information content (AvgIpc) is 3.74. The second-order valence-corrected chi connectivity index (χ2v) is 13.2. The van der Waals surface area contributed by atoms with Gasteiger partial charge in [-0.05, 0) is 95.5 Å². The predicted octanol–water partition coefficient (Wildman–Crippen LogP) is 6.55. The lowest BCUT2D eigenvalue weighted by atomic mass is 9.96. The van der Waals surface area contributed by atoms with Crippen molar-refractivity contribution < 1.29 is 14.3 Å². The van der Waals surface area contributed by atoms with Crippen LogP contribution in [0, 0.1) is 0 Å². The van der Waals surface area contributed by atoms with Gasteiger partial charge in [0.1, 0.15) is 11.8 Å². The summed E-state index contributed by atoms with van der Waals surface area (Å²) in [6.45, 7) is 6.57. The van der Waals surface area contributed by atoms with E-state index in [1.165, 1.54) is 6.42 Å². The molecule has 43 heavy (non-hydrogen) atoms. The second kappa shape index (κ2) is 11.0. The fraction of sp³-hybridized carbons (Fsp3) is 0.515. The van der Waals surface area contributed by atoms with Gasteiger partial charge in [0.25, 0.3) is 0 Å². The summed E-state index contributed by atoms with van der Waals surface area (Å²) in [6, 6.07) is 11.2. The molecule has 1 N–H and O–H groups in total. The van der Waals surface area contributed by atoms with Crippen LogP contribution in [0.4, 0.5) is 10.6 Å². The van der Waals surface area contributed by atoms with E-state index in [1.807, 2.05) is 42.7 Å². The highest BCUT2D eigenvalue weighted by Crippen LogP contribution is 2.40. The number of aromatic nitrogens is 5. The molecule has 3 aliphatic heterocycles. The Hall–Kier alpha value is -3.92. The van der Waals surface area contributed by atoms with E-state index in [-0.39, 0.29) is 24.4 Å². The lowest BCUT2D eigenvalue weighted by Gasteiger charge is -2.42. The van der Waals surface area contributed by atoms with Gasteiger partial charge in [0.2, 0.25) is 0 Å². The molecule has 0 radical (unpaired) electrons. The molecule has 0 aliphatic carbocycles. The summed E-state index contributed by atoms with van der Waals surface area (Å²) >= 11 is 0. The molecule has 3 aliphatic rings. The number of piperidine rings is 1. The quantitative estimate of drug-likeness (QED) is 0.284. The first kappa shape index (κ1) is 27.9. The fourth-order valence-electron chi connectivity index (χ4n) is 7.11. The minimum atomic E-state index is -0.485. The maximum Gasteiger partial charge on any atom is 0.410 e. The first-order chi connectivity index (χ1) is 20.7. The summed E-state index contributed by atoms with van der Waals surface area (Å²) < 4.78 is 13.6. The van der Waals surface area contributed by atoms with Crippen molar-refractivity contribution in [1.82, 2.24) is 29.9 Å². The lowest BCUT2D eigenvalue weighted by Crippen LogP contribution is -2.53. The monoisotopic (exact) mass is 583 g/mol. The van der Waals surface area contributed by atoms with Crippen molar-refractivity contribution in [3.63, 3.8) is 0 Å². The SMILES string of the molecule is CN(c1ccc(-c2ccc(-c3cnn(C4CCCCO4)c3)c3cc[nH]c23)nn1)C1CC2CCC(C1)N2C(=O)OC(C)(C)C. The Morgan fingerprint density at radius 1 is 1.02 bits per heavy atom. The number of hydrogen-bond acceptors (Lipinski definition) is 7. The van der Waals surface area contributed by atoms with Crippen LogP contribution in [-0.4, -0.2) is 73.3 Å². The van der Waals surface area contributed by atoms with Gasteiger partial charge < -0.3 is 24.3 Å². The van der Waals surface area contributed by atoms with Gasteiger partial charge in [-0.15, -0.1) is 10.2 Å². The van der Waals surface area contributed by atoms with E-state index in [4.69, 9.17) is 9.47 Å². The van der Waals surface area contributed by atoms with Crippen molar-refractivity contribution in [2.24, 2.45) is 0 Å². The summed E-state index contributed by atoms with van der Waals surface area (Å²) in [4.78, 5) is 20.5. The molecule has 3 unspecified atom stereocenters. The molecular formula is C33H41N7O3. The molecular weight excluding hydrogens is 542 g/mol. The van der Waals surface area contributed by atoms with Crippen molar-refractivity contribution in [3.8, 4) is 22.4 Å². The summed E-state index contributed by atoms with van der Waals surface area (Å²) in [5.74, 6) is 0.843. The van der Waals surface area contributed by atoms with E-state index in [0.29, 0.717) is 6.04 Å². The van der Waals surface area contributed by atoms with Crippen LogP contribution in [0.15, 0.2) is 48.9 Å². The number of amides is 1. The number of aromatic amines is 1. The highest BCUT2D eigenvalue weighted by atomic mass is 16.6. The number of hydrogen-bond donors (Lipinski definition) is 1. The van der Waals surface area contributed by atoms with Gasteiger partial charge in [-0.3, -0.25) is 0 Å². The van der Waals surface area contributed by atoms with Crippen LogP contribution >= 0.6 is 0 Å². The van der Waals surface area contributed by atoms with Crippen LogP contribution in [0.1, 0.15) is 71.9 Å². The molecule has 3 saturated heterocycles. The van der Waals surface area contributed by atoms with Crippen molar-refractivity contribution in [2.45, 2.75) is 95.7 Å². The van der Waals surface area contributed by atoms with Gasteiger partial charge in [0.05, 0.1) is 17.4 Å². The number of rotatable bonds is 5.